The van der Waals surface area contributed by atoms with Crippen molar-refractivity contribution in [2.45, 2.75) is 19.8 Å². The molecule has 0 atom stereocenters. The van der Waals surface area contributed by atoms with E-state index in [4.69, 9.17) is 0 Å². The van der Waals surface area contributed by atoms with Crippen LogP contribution in [-0.2, 0) is 9.59 Å². The van der Waals surface area contributed by atoms with Gasteiger partial charge in [0.1, 0.15) is 0 Å². The van der Waals surface area contributed by atoms with E-state index in [2.05, 4.69) is 10.6 Å². The highest BCUT2D eigenvalue weighted by molar-refractivity contribution is 6.20. The van der Waals surface area contributed by atoms with Crippen LogP contribution < -0.4 is 15.5 Å². The Kier molecular flexibility index (Phi) is 7.33. The zero-order valence-corrected chi connectivity index (χ0v) is 21.6. The number of imide groups is 1. The predicted octanol–water partition coefficient (Wildman–Crippen LogP) is 5.38. The summed E-state index contributed by atoms with van der Waals surface area (Å²) in [5, 5.41) is 5.58. The van der Waals surface area contributed by atoms with Gasteiger partial charge in [-0.3, -0.25) is 28.9 Å². The van der Waals surface area contributed by atoms with Crippen molar-refractivity contribution in [3.63, 3.8) is 0 Å². The summed E-state index contributed by atoms with van der Waals surface area (Å²) in [5.41, 5.74) is 3.26. The fourth-order valence-corrected chi connectivity index (χ4v) is 4.50. The van der Waals surface area contributed by atoms with Gasteiger partial charge in [0.2, 0.25) is 11.8 Å². The number of anilines is 3. The number of aryl methyl sites for hydroxylation is 1. The molecule has 8 nitrogen and oxygen atoms in total. The fraction of sp³-hybridized carbons (Fsp3) is 0.0938. The summed E-state index contributed by atoms with van der Waals surface area (Å²) in [6, 6.07) is 26.7. The standard InChI is InChI=1S/C32H25N3O5/c1-20-11-16-27(25(19-20)30(38)21-7-3-2-4-8-21)34-32(40)24-9-5-6-10-26(24)33-31(39)22-12-14-23(15-13-22)35-28(36)17-18-29(35)37/h2-16,19H,17-18H2,1H3,(H,33,39)(H,34,40). The van der Waals surface area contributed by atoms with Gasteiger partial charge < -0.3 is 10.6 Å². The van der Waals surface area contributed by atoms with Crippen LogP contribution in [0.4, 0.5) is 17.1 Å². The molecule has 1 heterocycles. The van der Waals surface area contributed by atoms with Gasteiger partial charge in [0.05, 0.1) is 22.6 Å². The van der Waals surface area contributed by atoms with E-state index in [1.165, 1.54) is 24.3 Å². The molecule has 0 unspecified atom stereocenters. The van der Waals surface area contributed by atoms with Crippen molar-refractivity contribution in [2.75, 3.05) is 15.5 Å². The van der Waals surface area contributed by atoms with Crippen LogP contribution in [0.1, 0.15) is 55.0 Å². The smallest absolute Gasteiger partial charge is 0.257 e. The molecule has 4 aromatic carbocycles. The second-order valence-electron chi connectivity index (χ2n) is 9.37. The number of carbonyl (C=O) groups is 5. The number of amides is 4. The molecule has 0 aliphatic carbocycles. The summed E-state index contributed by atoms with van der Waals surface area (Å²) >= 11 is 0. The largest absolute Gasteiger partial charge is 0.321 e. The molecule has 1 aliphatic rings. The molecule has 4 aromatic rings. The lowest BCUT2D eigenvalue weighted by molar-refractivity contribution is -0.121. The Hall–Kier alpha value is -5.37. The Morgan fingerprint density at radius 3 is 1.93 bits per heavy atom. The SMILES string of the molecule is Cc1ccc(NC(=O)c2ccccc2NC(=O)c2ccc(N3C(=O)CCC3=O)cc2)c(C(=O)c2ccccc2)c1. The zero-order valence-electron chi connectivity index (χ0n) is 21.6. The van der Waals surface area contributed by atoms with Crippen molar-refractivity contribution in [1.82, 2.24) is 0 Å². The summed E-state index contributed by atoms with van der Waals surface area (Å²) in [4.78, 5) is 64.7. The van der Waals surface area contributed by atoms with E-state index in [9.17, 15) is 24.0 Å². The molecular weight excluding hydrogens is 506 g/mol. The maximum absolute atomic E-state index is 13.4. The first-order valence-corrected chi connectivity index (χ1v) is 12.7. The molecule has 5 rings (SSSR count). The number of hydrogen-bond acceptors (Lipinski definition) is 5. The molecule has 1 saturated heterocycles. The lowest BCUT2D eigenvalue weighted by Crippen LogP contribution is -2.28. The zero-order chi connectivity index (χ0) is 28.2. The Balaban J connectivity index is 1.35. The van der Waals surface area contributed by atoms with Crippen molar-refractivity contribution in [2.24, 2.45) is 0 Å². The topological polar surface area (TPSA) is 113 Å². The second kappa shape index (κ2) is 11.2. The minimum Gasteiger partial charge on any atom is -0.321 e. The third-order valence-corrected chi connectivity index (χ3v) is 6.56. The van der Waals surface area contributed by atoms with Gasteiger partial charge in [0, 0.05) is 29.5 Å². The van der Waals surface area contributed by atoms with Gasteiger partial charge in [-0.15, -0.1) is 0 Å². The number of carbonyl (C=O) groups excluding carboxylic acids is 5. The summed E-state index contributed by atoms with van der Waals surface area (Å²) < 4.78 is 0. The quantitative estimate of drug-likeness (QED) is 0.245. The normalized spacial score (nSPS) is 12.8. The molecule has 0 bridgehead atoms. The molecule has 4 amide bonds. The van der Waals surface area contributed by atoms with E-state index in [0.29, 0.717) is 22.5 Å². The van der Waals surface area contributed by atoms with Crippen LogP contribution in [0.3, 0.4) is 0 Å². The van der Waals surface area contributed by atoms with Crippen LogP contribution in [0.5, 0.6) is 0 Å². The van der Waals surface area contributed by atoms with Crippen LogP contribution in [-0.4, -0.2) is 29.4 Å². The van der Waals surface area contributed by atoms with E-state index in [-0.39, 0.29) is 47.3 Å². The van der Waals surface area contributed by atoms with Crippen LogP contribution in [0.25, 0.3) is 0 Å². The third kappa shape index (κ3) is 5.42. The number of benzene rings is 4. The molecule has 40 heavy (non-hydrogen) atoms. The lowest BCUT2D eigenvalue weighted by Gasteiger charge is -2.15. The monoisotopic (exact) mass is 531 g/mol. The van der Waals surface area contributed by atoms with E-state index in [0.717, 1.165) is 10.5 Å². The average molecular weight is 532 g/mol. The van der Waals surface area contributed by atoms with E-state index in [1.807, 2.05) is 13.0 Å². The molecule has 0 radical (unpaired) electrons. The Bertz CT molecular complexity index is 1630. The van der Waals surface area contributed by atoms with Crippen LogP contribution in [0, 0.1) is 6.92 Å². The molecule has 8 heteroatoms. The third-order valence-electron chi connectivity index (χ3n) is 6.56. The minimum atomic E-state index is -0.497. The Labute approximate surface area is 230 Å². The number of hydrogen-bond donors (Lipinski definition) is 2. The number of para-hydroxylation sites is 1. The second-order valence-corrected chi connectivity index (χ2v) is 9.37. The van der Waals surface area contributed by atoms with E-state index in [1.54, 1.807) is 66.7 Å². The summed E-state index contributed by atoms with van der Waals surface area (Å²) in [7, 11) is 0. The summed E-state index contributed by atoms with van der Waals surface area (Å²) in [6.07, 6.45) is 0.342. The van der Waals surface area contributed by atoms with Crippen LogP contribution in [0.15, 0.2) is 97.1 Å². The molecule has 1 fully saturated rings. The maximum Gasteiger partial charge on any atom is 0.257 e. The highest BCUT2D eigenvalue weighted by Gasteiger charge is 2.30. The molecule has 0 spiro atoms. The predicted molar refractivity (Wildman–Crippen MR) is 152 cm³/mol. The van der Waals surface area contributed by atoms with Crippen molar-refractivity contribution in [3.05, 3.63) is 125 Å². The van der Waals surface area contributed by atoms with Gasteiger partial charge in [0.15, 0.2) is 5.78 Å². The first kappa shape index (κ1) is 26.2. The van der Waals surface area contributed by atoms with Crippen molar-refractivity contribution in [3.8, 4) is 0 Å². The first-order chi connectivity index (χ1) is 19.3. The van der Waals surface area contributed by atoms with Crippen LogP contribution >= 0.6 is 0 Å². The molecule has 2 N–H and O–H groups in total. The summed E-state index contributed by atoms with van der Waals surface area (Å²) in [5.74, 6) is -1.74. The minimum absolute atomic E-state index is 0.171. The van der Waals surface area contributed by atoms with Crippen molar-refractivity contribution >= 4 is 46.5 Å². The first-order valence-electron chi connectivity index (χ1n) is 12.7. The van der Waals surface area contributed by atoms with E-state index >= 15 is 0 Å². The van der Waals surface area contributed by atoms with Gasteiger partial charge in [-0.1, -0.05) is 54.1 Å². The Morgan fingerprint density at radius 1 is 0.625 bits per heavy atom. The molecule has 198 valence electrons. The summed E-state index contributed by atoms with van der Waals surface area (Å²) in [6.45, 7) is 1.87. The highest BCUT2D eigenvalue weighted by Crippen LogP contribution is 2.25. The molecule has 0 aromatic heterocycles. The lowest BCUT2D eigenvalue weighted by atomic mass is 9.99. The van der Waals surface area contributed by atoms with Crippen molar-refractivity contribution < 1.29 is 24.0 Å². The number of ketones is 1. The van der Waals surface area contributed by atoms with Crippen molar-refractivity contribution in [1.29, 1.82) is 0 Å². The molecular formula is C32H25N3O5. The molecule has 1 aliphatic heterocycles. The van der Waals surface area contributed by atoms with Gasteiger partial charge in [-0.05, 0) is 55.5 Å². The number of nitrogens with zero attached hydrogens (tertiary/aromatic N) is 1. The fourth-order valence-electron chi connectivity index (χ4n) is 4.50. The highest BCUT2D eigenvalue weighted by atomic mass is 16.2. The van der Waals surface area contributed by atoms with Crippen LogP contribution in [0.2, 0.25) is 0 Å². The average Bonchev–Trinajstić information content (AvgIpc) is 3.31. The Morgan fingerprint density at radius 2 is 1.23 bits per heavy atom. The van der Waals surface area contributed by atoms with Gasteiger partial charge in [-0.25, -0.2) is 0 Å². The van der Waals surface area contributed by atoms with Gasteiger partial charge >= 0.3 is 0 Å². The van der Waals surface area contributed by atoms with Gasteiger partial charge in [-0.2, -0.15) is 0 Å². The molecule has 0 saturated carbocycles. The number of nitrogens with one attached hydrogen (secondary N) is 2. The van der Waals surface area contributed by atoms with Gasteiger partial charge in [0.25, 0.3) is 11.8 Å². The maximum atomic E-state index is 13.4. The number of rotatable bonds is 7. The van der Waals surface area contributed by atoms with E-state index < -0.39 is 11.8 Å².